The molecule has 3 rings (SSSR count). The van der Waals surface area contributed by atoms with E-state index in [0.29, 0.717) is 0 Å². The second-order valence-corrected chi connectivity index (χ2v) is 8.04. The first-order valence-corrected chi connectivity index (χ1v) is 10.6. The molecule has 1 amide bonds. The Morgan fingerprint density at radius 1 is 1.06 bits per heavy atom. The Labute approximate surface area is 190 Å². The van der Waals surface area contributed by atoms with Gasteiger partial charge in [0.2, 0.25) is 5.91 Å². The van der Waals surface area contributed by atoms with Crippen molar-refractivity contribution < 1.29 is 54.4 Å². The van der Waals surface area contributed by atoms with Crippen LogP contribution in [0.5, 0.6) is 0 Å². The van der Waals surface area contributed by atoms with E-state index in [1.807, 2.05) is 30.3 Å². The first-order chi connectivity index (χ1) is 15.8. The third-order valence-corrected chi connectivity index (χ3v) is 5.59. The minimum atomic E-state index is -1.62. The molecular weight excluding hydrogens is 442 g/mol. The molecule has 0 spiro atoms. The van der Waals surface area contributed by atoms with E-state index in [1.54, 1.807) is 0 Å². The van der Waals surface area contributed by atoms with Crippen LogP contribution < -0.4 is 5.32 Å². The van der Waals surface area contributed by atoms with Crippen molar-refractivity contribution in [1.82, 2.24) is 5.32 Å². The molecule has 1 aromatic rings. The maximum Gasteiger partial charge on any atom is 0.217 e. The van der Waals surface area contributed by atoms with E-state index in [0.717, 1.165) is 5.56 Å². The fourth-order valence-corrected chi connectivity index (χ4v) is 3.88. The van der Waals surface area contributed by atoms with Gasteiger partial charge in [0.1, 0.15) is 48.8 Å². The van der Waals surface area contributed by atoms with Gasteiger partial charge in [0, 0.05) is 6.92 Å². The molecule has 2 heterocycles. The molecule has 0 radical (unpaired) electrons. The Hall–Kier alpha value is -1.71. The quantitative estimate of drug-likeness (QED) is 0.193. The fraction of sp³-hybridized carbons (Fsp3) is 0.667. The molecule has 1 aromatic carbocycles. The highest BCUT2D eigenvalue weighted by Crippen LogP contribution is 2.31. The molecule has 186 valence electrons. The molecule has 0 saturated carbocycles. The van der Waals surface area contributed by atoms with Crippen molar-refractivity contribution in [2.75, 3.05) is 13.2 Å². The van der Waals surface area contributed by atoms with Crippen LogP contribution in [-0.2, 0) is 30.3 Å². The van der Waals surface area contributed by atoms with E-state index in [9.17, 15) is 30.3 Å². The molecule has 0 aliphatic carbocycles. The number of ether oxygens (including phenoxy) is 4. The summed E-state index contributed by atoms with van der Waals surface area (Å²) in [5.41, 5.74) is 0.820. The Balaban J connectivity index is 1.74. The third kappa shape index (κ3) is 6.05. The second kappa shape index (κ2) is 11.6. The Bertz CT molecular complexity index is 753. The van der Waals surface area contributed by atoms with Crippen LogP contribution in [0.3, 0.4) is 0 Å². The summed E-state index contributed by atoms with van der Waals surface area (Å²) in [7, 11) is 0. The average molecular weight is 473 g/mol. The van der Waals surface area contributed by atoms with Gasteiger partial charge in [-0.05, 0) is 5.56 Å². The zero-order chi connectivity index (χ0) is 24.1. The topological polar surface area (TPSA) is 187 Å². The molecular formula is C21H31NO11. The minimum absolute atomic E-state index is 0.107. The Morgan fingerprint density at radius 3 is 2.36 bits per heavy atom. The van der Waals surface area contributed by atoms with E-state index < -0.39 is 80.5 Å². The van der Waals surface area contributed by atoms with Gasteiger partial charge in [-0.2, -0.15) is 0 Å². The van der Waals surface area contributed by atoms with Crippen LogP contribution in [0.1, 0.15) is 12.5 Å². The second-order valence-electron chi connectivity index (χ2n) is 8.04. The SMILES string of the molecule is CC(=O)N[C@H]1[C@@H](OCc2ccccc2)O[C@H](CO)[C@@H](O[C@@H]2O[C@@H]([C@H](O)CO)[C@H](O)[C@H]2O)[C@@H]1O. The number of aliphatic hydroxyl groups is 6. The largest absolute Gasteiger partial charge is 0.394 e. The van der Waals surface area contributed by atoms with Gasteiger partial charge in [0.25, 0.3) is 0 Å². The lowest BCUT2D eigenvalue weighted by Crippen LogP contribution is -2.65. The first-order valence-electron chi connectivity index (χ1n) is 10.6. The molecule has 0 bridgehead atoms. The summed E-state index contributed by atoms with van der Waals surface area (Å²) < 4.78 is 22.5. The molecule has 10 atom stereocenters. The van der Waals surface area contributed by atoms with Crippen LogP contribution in [0.15, 0.2) is 30.3 Å². The van der Waals surface area contributed by atoms with Gasteiger partial charge in [-0.3, -0.25) is 4.79 Å². The van der Waals surface area contributed by atoms with Crippen molar-refractivity contribution in [2.24, 2.45) is 0 Å². The van der Waals surface area contributed by atoms with Gasteiger partial charge in [-0.15, -0.1) is 0 Å². The summed E-state index contributed by atoms with van der Waals surface area (Å²) in [6.07, 6.45) is -12.6. The number of carbonyl (C=O) groups excluding carboxylic acids is 1. The number of rotatable bonds is 9. The third-order valence-electron chi connectivity index (χ3n) is 5.59. The molecule has 0 aromatic heterocycles. The number of hydrogen-bond acceptors (Lipinski definition) is 11. The van der Waals surface area contributed by atoms with Crippen LogP contribution in [0, 0.1) is 0 Å². The molecule has 2 aliphatic rings. The molecule has 2 aliphatic heterocycles. The van der Waals surface area contributed by atoms with Gasteiger partial charge in [0.15, 0.2) is 12.6 Å². The van der Waals surface area contributed by atoms with Gasteiger partial charge in [-0.1, -0.05) is 30.3 Å². The molecule has 2 fully saturated rings. The summed E-state index contributed by atoms with van der Waals surface area (Å²) in [4.78, 5) is 11.8. The summed E-state index contributed by atoms with van der Waals surface area (Å²) >= 11 is 0. The predicted octanol–water partition coefficient (Wildman–Crippen LogP) is -3.03. The smallest absolute Gasteiger partial charge is 0.217 e. The summed E-state index contributed by atoms with van der Waals surface area (Å²) in [6, 6.07) is 8.04. The van der Waals surface area contributed by atoms with Gasteiger partial charge < -0.3 is 54.9 Å². The molecule has 7 N–H and O–H groups in total. The van der Waals surface area contributed by atoms with E-state index in [1.165, 1.54) is 6.92 Å². The average Bonchev–Trinajstić information content (AvgIpc) is 3.09. The zero-order valence-electron chi connectivity index (χ0n) is 18.0. The normalized spacial score (nSPS) is 37.6. The molecule has 0 unspecified atom stereocenters. The highest BCUT2D eigenvalue weighted by Gasteiger charge is 2.52. The number of benzene rings is 1. The maximum atomic E-state index is 11.8. The van der Waals surface area contributed by atoms with E-state index >= 15 is 0 Å². The standard InChI is InChI=1S/C21H31NO11/c1-10(25)22-14-15(27)19(33-21-17(29)16(28)18(32-21)12(26)7-23)13(8-24)31-20(14)30-9-11-5-3-2-4-6-11/h2-6,12-21,23-24,26-29H,7-9H2,1H3,(H,22,25)/t12-,13-,14-,15-,16-,17-,18+,19-,20+,21+/m1/s1. The van der Waals surface area contributed by atoms with Crippen LogP contribution in [0.25, 0.3) is 0 Å². The number of nitrogens with one attached hydrogen (secondary N) is 1. The Morgan fingerprint density at radius 2 is 1.76 bits per heavy atom. The van der Waals surface area contributed by atoms with Crippen LogP contribution in [-0.4, -0.2) is 111 Å². The maximum absolute atomic E-state index is 11.8. The molecule has 12 nitrogen and oxygen atoms in total. The molecule has 33 heavy (non-hydrogen) atoms. The zero-order valence-corrected chi connectivity index (χ0v) is 18.0. The van der Waals surface area contributed by atoms with Crippen LogP contribution in [0.2, 0.25) is 0 Å². The minimum Gasteiger partial charge on any atom is -0.394 e. The van der Waals surface area contributed by atoms with Crippen molar-refractivity contribution in [3.8, 4) is 0 Å². The summed E-state index contributed by atoms with van der Waals surface area (Å²) in [5.74, 6) is -0.476. The summed E-state index contributed by atoms with van der Waals surface area (Å²) in [5, 5.41) is 62.6. The predicted molar refractivity (Wildman–Crippen MR) is 109 cm³/mol. The van der Waals surface area contributed by atoms with Crippen LogP contribution in [0.4, 0.5) is 0 Å². The number of aliphatic hydroxyl groups excluding tert-OH is 6. The molecule has 12 heteroatoms. The van der Waals surface area contributed by atoms with E-state index in [2.05, 4.69) is 5.32 Å². The van der Waals surface area contributed by atoms with Crippen molar-refractivity contribution in [1.29, 1.82) is 0 Å². The van der Waals surface area contributed by atoms with Crippen molar-refractivity contribution >= 4 is 5.91 Å². The lowest BCUT2D eigenvalue weighted by atomic mass is 9.96. The van der Waals surface area contributed by atoms with Crippen molar-refractivity contribution in [3.63, 3.8) is 0 Å². The van der Waals surface area contributed by atoms with Gasteiger partial charge in [-0.25, -0.2) is 0 Å². The van der Waals surface area contributed by atoms with Crippen LogP contribution >= 0.6 is 0 Å². The lowest BCUT2D eigenvalue weighted by Gasteiger charge is -2.44. The number of carbonyl (C=O) groups is 1. The van der Waals surface area contributed by atoms with E-state index in [4.69, 9.17) is 24.1 Å². The lowest BCUT2D eigenvalue weighted by molar-refractivity contribution is -0.310. The van der Waals surface area contributed by atoms with Gasteiger partial charge >= 0.3 is 0 Å². The monoisotopic (exact) mass is 473 g/mol. The Kier molecular flexibility index (Phi) is 9.12. The van der Waals surface area contributed by atoms with E-state index in [-0.39, 0.29) is 6.61 Å². The van der Waals surface area contributed by atoms with Crippen molar-refractivity contribution in [2.45, 2.75) is 74.9 Å². The fourth-order valence-electron chi connectivity index (χ4n) is 3.88. The van der Waals surface area contributed by atoms with Gasteiger partial charge in [0.05, 0.1) is 19.8 Å². The summed E-state index contributed by atoms with van der Waals surface area (Å²) in [6.45, 7) is 0.0276. The molecule has 2 saturated heterocycles. The number of hydrogen-bond donors (Lipinski definition) is 7. The highest BCUT2D eigenvalue weighted by molar-refractivity contribution is 5.73. The number of amides is 1. The first kappa shape index (κ1) is 25.9. The van der Waals surface area contributed by atoms with Crippen molar-refractivity contribution in [3.05, 3.63) is 35.9 Å². The highest BCUT2D eigenvalue weighted by atomic mass is 16.7.